The molecule has 0 saturated heterocycles. The third-order valence-electron chi connectivity index (χ3n) is 5.98. The Hall–Kier alpha value is -3.93. The van der Waals surface area contributed by atoms with Gasteiger partial charge in [0.05, 0.1) is 0 Å². The summed E-state index contributed by atoms with van der Waals surface area (Å²) < 4.78 is 6.41. The molecule has 160 valence electrons. The highest BCUT2D eigenvalue weighted by Crippen LogP contribution is 2.46. The van der Waals surface area contributed by atoms with Gasteiger partial charge in [0.25, 0.3) is 5.91 Å². The van der Waals surface area contributed by atoms with Crippen LogP contribution in [0.5, 0.6) is 0 Å². The van der Waals surface area contributed by atoms with E-state index in [1.807, 2.05) is 84.9 Å². The molecule has 0 spiro atoms. The van der Waals surface area contributed by atoms with Crippen molar-refractivity contribution in [3.63, 3.8) is 0 Å². The highest BCUT2D eigenvalue weighted by molar-refractivity contribution is 6.01. The van der Waals surface area contributed by atoms with Crippen molar-refractivity contribution < 1.29 is 19.4 Å². The average Bonchev–Trinajstić information content (AvgIpc) is 3.16. The lowest BCUT2D eigenvalue weighted by Crippen LogP contribution is -2.51. The Morgan fingerprint density at radius 1 is 1.00 bits per heavy atom. The molecule has 3 aromatic carbocycles. The topological polar surface area (TPSA) is 79.2 Å². The van der Waals surface area contributed by atoms with E-state index in [1.165, 1.54) is 4.90 Å². The van der Waals surface area contributed by atoms with Gasteiger partial charge in [-0.15, -0.1) is 0 Å². The molecule has 2 heterocycles. The molecular formula is C26H22N2O4. The van der Waals surface area contributed by atoms with Gasteiger partial charge < -0.3 is 14.7 Å². The molecule has 0 aliphatic carbocycles. The van der Waals surface area contributed by atoms with E-state index in [-0.39, 0.29) is 12.5 Å². The first-order valence-corrected chi connectivity index (χ1v) is 10.5. The molecule has 2 aliphatic rings. The van der Waals surface area contributed by atoms with Crippen molar-refractivity contribution >= 4 is 17.8 Å². The number of hydrogen-bond acceptors (Lipinski definition) is 4. The molecule has 1 N–H and O–H groups in total. The van der Waals surface area contributed by atoms with Crippen LogP contribution in [0.1, 0.15) is 28.4 Å². The summed E-state index contributed by atoms with van der Waals surface area (Å²) in [7, 11) is 0. The van der Waals surface area contributed by atoms with Gasteiger partial charge in [0.2, 0.25) is 5.90 Å². The number of ether oxygens (including phenoxy) is 1. The fraction of sp³-hybridized carbons (Fsp3) is 0.192. The maximum absolute atomic E-state index is 14.0. The maximum atomic E-state index is 14.0. The second kappa shape index (κ2) is 7.96. The summed E-state index contributed by atoms with van der Waals surface area (Å²) >= 11 is 0. The molecule has 6 nitrogen and oxygen atoms in total. The molecule has 1 amide bonds. The van der Waals surface area contributed by atoms with Crippen LogP contribution in [0, 0.1) is 0 Å². The third kappa shape index (κ3) is 3.43. The fourth-order valence-electron chi connectivity index (χ4n) is 4.56. The number of rotatable bonds is 5. The van der Waals surface area contributed by atoms with Gasteiger partial charge in [-0.1, -0.05) is 72.8 Å². The summed E-state index contributed by atoms with van der Waals surface area (Å²) in [6.45, 7) is -0.194. The summed E-state index contributed by atoms with van der Waals surface area (Å²) in [6, 6.07) is 26.8. The van der Waals surface area contributed by atoms with Crippen LogP contribution in [0.15, 0.2) is 89.9 Å². The van der Waals surface area contributed by atoms with E-state index in [4.69, 9.17) is 9.73 Å². The lowest BCUT2D eigenvalue weighted by atomic mass is 9.81. The smallest absolute Gasteiger partial charge is 0.323 e. The number of hydrogen-bond donors (Lipinski definition) is 1. The minimum atomic E-state index is -1.30. The predicted molar refractivity (Wildman–Crippen MR) is 119 cm³/mol. The molecule has 0 fully saturated rings. The highest BCUT2D eigenvalue weighted by Gasteiger charge is 2.56. The summed E-state index contributed by atoms with van der Waals surface area (Å²) in [6.07, 6.45) is -0.349. The molecule has 6 heteroatoms. The average molecular weight is 426 g/mol. The Labute approximate surface area is 185 Å². The number of carbonyl (C=O) groups is 2. The summed E-state index contributed by atoms with van der Waals surface area (Å²) in [5, 5.41) is 9.51. The lowest BCUT2D eigenvalue weighted by molar-refractivity contribution is -0.148. The number of amides is 1. The Bertz CT molecular complexity index is 1190. The van der Waals surface area contributed by atoms with E-state index in [9.17, 15) is 14.7 Å². The van der Waals surface area contributed by atoms with E-state index in [2.05, 4.69) is 0 Å². The van der Waals surface area contributed by atoms with Crippen molar-refractivity contribution in [1.29, 1.82) is 0 Å². The highest BCUT2D eigenvalue weighted by atomic mass is 16.5. The molecule has 0 saturated carbocycles. The van der Waals surface area contributed by atoms with Crippen LogP contribution in [0.3, 0.4) is 0 Å². The first-order valence-electron chi connectivity index (χ1n) is 10.5. The number of aliphatic imine (C=N–C) groups is 1. The molecule has 0 aromatic heterocycles. The van der Waals surface area contributed by atoms with Gasteiger partial charge in [0.15, 0.2) is 11.6 Å². The molecule has 3 aromatic rings. The maximum Gasteiger partial charge on any atom is 0.323 e. The van der Waals surface area contributed by atoms with Crippen LogP contribution in [0.2, 0.25) is 0 Å². The van der Waals surface area contributed by atoms with Crippen LogP contribution in [-0.2, 0) is 27.3 Å². The van der Waals surface area contributed by atoms with Crippen LogP contribution < -0.4 is 0 Å². The molecule has 32 heavy (non-hydrogen) atoms. The Morgan fingerprint density at radius 2 is 1.66 bits per heavy atom. The zero-order valence-electron chi connectivity index (χ0n) is 17.3. The number of nitrogens with zero attached hydrogens (tertiary/aromatic N) is 2. The van der Waals surface area contributed by atoms with E-state index in [0.29, 0.717) is 12.3 Å². The van der Waals surface area contributed by atoms with Gasteiger partial charge >= 0.3 is 5.97 Å². The van der Waals surface area contributed by atoms with Crippen molar-refractivity contribution in [2.75, 3.05) is 6.54 Å². The van der Waals surface area contributed by atoms with Crippen LogP contribution in [0.4, 0.5) is 0 Å². The van der Waals surface area contributed by atoms with Crippen molar-refractivity contribution in [2.45, 2.75) is 24.6 Å². The summed E-state index contributed by atoms with van der Waals surface area (Å²) in [5.74, 6) is -1.00. The van der Waals surface area contributed by atoms with Crippen molar-refractivity contribution in [3.8, 4) is 0 Å². The van der Waals surface area contributed by atoms with Gasteiger partial charge in [-0.2, -0.15) is 0 Å². The van der Waals surface area contributed by atoms with Gasteiger partial charge in [-0.25, -0.2) is 4.99 Å². The molecule has 0 bridgehead atoms. The molecule has 2 aliphatic heterocycles. The van der Waals surface area contributed by atoms with E-state index in [1.54, 1.807) is 0 Å². The van der Waals surface area contributed by atoms with E-state index < -0.39 is 24.2 Å². The second-order valence-corrected chi connectivity index (χ2v) is 8.12. The monoisotopic (exact) mass is 426 g/mol. The van der Waals surface area contributed by atoms with E-state index >= 15 is 0 Å². The fourth-order valence-corrected chi connectivity index (χ4v) is 4.56. The third-order valence-corrected chi connectivity index (χ3v) is 5.98. The number of carbonyl (C=O) groups excluding carboxylic acids is 1. The number of aliphatic carboxylic acids is 1. The number of benzene rings is 3. The quantitative estimate of drug-likeness (QED) is 0.676. The molecule has 5 rings (SSSR count). The molecule has 0 radical (unpaired) electrons. The Balaban J connectivity index is 1.71. The van der Waals surface area contributed by atoms with Gasteiger partial charge in [0, 0.05) is 24.1 Å². The largest absolute Gasteiger partial charge is 0.480 e. The van der Waals surface area contributed by atoms with Crippen LogP contribution >= 0.6 is 0 Å². The summed E-state index contributed by atoms with van der Waals surface area (Å²) in [5.41, 5.74) is 2.14. The minimum absolute atomic E-state index is 0.202. The zero-order valence-corrected chi connectivity index (χ0v) is 17.3. The van der Waals surface area contributed by atoms with Crippen LogP contribution in [-0.4, -0.2) is 39.9 Å². The first-order chi connectivity index (χ1) is 15.6. The second-order valence-electron chi connectivity index (χ2n) is 8.12. The molecular weight excluding hydrogens is 404 g/mol. The minimum Gasteiger partial charge on any atom is -0.480 e. The van der Waals surface area contributed by atoms with Crippen molar-refractivity contribution in [2.24, 2.45) is 4.99 Å². The Kier molecular flexibility index (Phi) is 4.98. The lowest BCUT2D eigenvalue weighted by Gasteiger charge is -2.32. The molecule has 2 atom stereocenters. The van der Waals surface area contributed by atoms with Crippen molar-refractivity contribution in [3.05, 3.63) is 107 Å². The normalized spacial score (nSPS) is 21.8. The molecule has 0 unspecified atom stereocenters. The van der Waals surface area contributed by atoms with Gasteiger partial charge in [0.1, 0.15) is 6.54 Å². The zero-order chi connectivity index (χ0) is 22.1. The first kappa shape index (κ1) is 20.0. The number of carboxylic acid groups (broad SMARTS) is 1. The number of fused-ring (bicyclic) bond motifs is 3. The van der Waals surface area contributed by atoms with E-state index in [0.717, 1.165) is 22.3 Å². The standard InChI is InChI=1S/C26H22N2O4/c29-22(30)17-28-16-20-13-7-8-14-21(20)23-26(25(28)31,15-18-9-3-1-4-10-18)27-24(32-23)19-11-5-2-6-12-19/h1-14,23H,15-17H2,(H,29,30)/t23-,26-/m0/s1. The summed E-state index contributed by atoms with van der Waals surface area (Å²) in [4.78, 5) is 31.9. The van der Waals surface area contributed by atoms with Crippen LogP contribution in [0.25, 0.3) is 0 Å². The van der Waals surface area contributed by atoms with Crippen molar-refractivity contribution in [1.82, 2.24) is 4.90 Å². The van der Waals surface area contributed by atoms with Gasteiger partial charge in [-0.3, -0.25) is 9.59 Å². The SMILES string of the molecule is O=C(O)CN1Cc2ccccc2[C@@H]2OC(c3ccccc3)=N[C@]2(Cc2ccccc2)C1=O. The Morgan fingerprint density at radius 3 is 2.38 bits per heavy atom. The van der Waals surface area contributed by atoms with Gasteiger partial charge in [-0.05, 0) is 23.3 Å². The number of carboxylic acids is 1. The predicted octanol–water partition coefficient (Wildman–Crippen LogP) is 3.61.